The van der Waals surface area contributed by atoms with Crippen molar-refractivity contribution in [1.82, 2.24) is 4.31 Å². The van der Waals surface area contributed by atoms with Gasteiger partial charge in [0.15, 0.2) is 0 Å². The monoisotopic (exact) mass is 360 g/mol. The number of hydrogen-bond donors (Lipinski definition) is 1. The molecule has 0 saturated carbocycles. The Balaban J connectivity index is 2.28. The van der Waals surface area contributed by atoms with E-state index in [0.717, 1.165) is 26.6 Å². The topological polar surface area (TPSA) is 66.5 Å². The number of anilines is 1. The van der Waals surface area contributed by atoms with Crippen molar-refractivity contribution in [2.75, 3.05) is 19.4 Å². The number of nitrogens with zero attached hydrogens (tertiary/aromatic N) is 1. The minimum absolute atomic E-state index is 0.172. The van der Waals surface area contributed by atoms with Crippen LogP contribution in [0.2, 0.25) is 0 Å². The molecule has 1 N–H and O–H groups in total. The van der Waals surface area contributed by atoms with Crippen LogP contribution in [0.4, 0.5) is 5.69 Å². The first-order valence-corrected chi connectivity index (χ1v) is 9.44. The Morgan fingerprint density at radius 2 is 1.64 bits per heavy atom. The molecule has 0 aliphatic heterocycles. The summed E-state index contributed by atoms with van der Waals surface area (Å²) in [6.07, 6.45) is 0.240. The molecule has 134 valence electrons. The van der Waals surface area contributed by atoms with E-state index in [-0.39, 0.29) is 17.2 Å². The molecular weight excluding hydrogens is 336 g/mol. The Morgan fingerprint density at radius 3 is 2.20 bits per heavy atom. The molecule has 2 aromatic carbocycles. The minimum Gasteiger partial charge on any atom is -0.326 e. The van der Waals surface area contributed by atoms with E-state index < -0.39 is 10.0 Å². The number of nitrogens with one attached hydrogen (secondary N) is 1. The molecule has 25 heavy (non-hydrogen) atoms. The molecule has 0 saturated heterocycles. The highest BCUT2D eigenvalue weighted by Crippen LogP contribution is 2.25. The van der Waals surface area contributed by atoms with Crippen molar-refractivity contribution in [1.29, 1.82) is 0 Å². The van der Waals surface area contributed by atoms with Crippen LogP contribution < -0.4 is 5.32 Å². The lowest BCUT2D eigenvalue weighted by molar-refractivity contribution is -0.115. The fourth-order valence-corrected chi connectivity index (χ4v) is 3.42. The van der Waals surface area contributed by atoms with E-state index in [1.165, 1.54) is 20.2 Å². The van der Waals surface area contributed by atoms with Crippen molar-refractivity contribution < 1.29 is 13.2 Å². The molecule has 5 nitrogen and oxygen atoms in total. The normalized spacial score (nSPS) is 11.6. The van der Waals surface area contributed by atoms with Gasteiger partial charge < -0.3 is 5.32 Å². The summed E-state index contributed by atoms with van der Waals surface area (Å²) in [5.41, 5.74) is 4.24. The standard InChI is InChI=1S/C19H24N2O3S/c1-13-6-8-16(9-7-13)11-19(22)20-18-12-17(10-14(2)15(18)3)25(23,24)21(4)5/h6-10,12H,11H2,1-5H3,(H,20,22). The van der Waals surface area contributed by atoms with E-state index in [0.29, 0.717) is 5.69 Å². The van der Waals surface area contributed by atoms with Crippen LogP contribution in [-0.4, -0.2) is 32.7 Å². The molecule has 2 aromatic rings. The predicted molar refractivity (Wildman–Crippen MR) is 100 cm³/mol. The fourth-order valence-electron chi connectivity index (χ4n) is 2.40. The van der Waals surface area contributed by atoms with Crippen molar-refractivity contribution in [3.05, 3.63) is 58.7 Å². The number of amides is 1. The van der Waals surface area contributed by atoms with Gasteiger partial charge in [-0.3, -0.25) is 4.79 Å². The van der Waals surface area contributed by atoms with Gasteiger partial charge in [0.25, 0.3) is 0 Å². The van der Waals surface area contributed by atoms with Gasteiger partial charge in [0.2, 0.25) is 15.9 Å². The summed E-state index contributed by atoms with van der Waals surface area (Å²) in [5.74, 6) is -0.175. The highest BCUT2D eigenvalue weighted by molar-refractivity contribution is 7.89. The zero-order chi connectivity index (χ0) is 18.8. The van der Waals surface area contributed by atoms with Gasteiger partial charge in [-0.25, -0.2) is 12.7 Å². The number of rotatable bonds is 5. The summed E-state index contributed by atoms with van der Waals surface area (Å²) >= 11 is 0. The highest BCUT2D eigenvalue weighted by atomic mass is 32.2. The highest BCUT2D eigenvalue weighted by Gasteiger charge is 2.20. The quantitative estimate of drug-likeness (QED) is 0.891. The molecule has 0 heterocycles. The van der Waals surface area contributed by atoms with Gasteiger partial charge in [0.1, 0.15) is 0 Å². The average molecular weight is 360 g/mol. The minimum atomic E-state index is -3.56. The van der Waals surface area contributed by atoms with Crippen molar-refractivity contribution in [2.45, 2.75) is 32.1 Å². The van der Waals surface area contributed by atoms with Crippen LogP contribution in [0.25, 0.3) is 0 Å². The molecule has 0 aliphatic carbocycles. The molecule has 0 fully saturated rings. The lowest BCUT2D eigenvalue weighted by atomic mass is 10.1. The van der Waals surface area contributed by atoms with Gasteiger partial charge in [-0.1, -0.05) is 29.8 Å². The van der Waals surface area contributed by atoms with Crippen LogP contribution in [0.15, 0.2) is 41.3 Å². The van der Waals surface area contributed by atoms with E-state index in [2.05, 4.69) is 5.32 Å². The Hall–Kier alpha value is -2.18. The van der Waals surface area contributed by atoms with Crippen LogP contribution in [0.5, 0.6) is 0 Å². The summed E-state index contributed by atoms with van der Waals surface area (Å²) in [6.45, 7) is 5.69. The Labute approximate surface area is 149 Å². The summed E-state index contributed by atoms with van der Waals surface area (Å²) < 4.78 is 25.9. The summed E-state index contributed by atoms with van der Waals surface area (Å²) in [5, 5.41) is 2.84. The van der Waals surface area contributed by atoms with Crippen molar-refractivity contribution in [2.24, 2.45) is 0 Å². The first-order valence-electron chi connectivity index (χ1n) is 8.00. The van der Waals surface area contributed by atoms with Crippen LogP contribution >= 0.6 is 0 Å². The largest absolute Gasteiger partial charge is 0.326 e. The molecule has 0 atom stereocenters. The lowest BCUT2D eigenvalue weighted by Gasteiger charge is -2.16. The maximum absolute atomic E-state index is 12.4. The van der Waals surface area contributed by atoms with E-state index in [1.807, 2.05) is 45.0 Å². The van der Waals surface area contributed by atoms with E-state index >= 15 is 0 Å². The first kappa shape index (κ1) is 19.1. The maximum Gasteiger partial charge on any atom is 0.242 e. The molecule has 2 rings (SSSR count). The smallest absolute Gasteiger partial charge is 0.242 e. The van der Waals surface area contributed by atoms with Crippen molar-refractivity contribution >= 4 is 21.6 Å². The molecule has 0 aliphatic rings. The molecule has 6 heteroatoms. The second-order valence-corrected chi connectivity index (χ2v) is 8.56. The number of benzene rings is 2. The third kappa shape index (κ3) is 4.46. The predicted octanol–water partition coefficient (Wildman–Crippen LogP) is 3.04. The number of carbonyl (C=O) groups excluding carboxylic acids is 1. The van der Waals surface area contributed by atoms with E-state index in [4.69, 9.17) is 0 Å². The van der Waals surface area contributed by atoms with Crippen molar-refractivity contribution in [3.63, 3.8) is 0 Å². The van der Waals surface area contributed by atoms with Crippen LogP contribution in [0.1, 0.15) is 22.3 Å². The van der Waals surface area contributed by atoms with Gasteiger partial charge in [0.05, 0.1) is 11.3 Å². The summed E-state index contributed by atoms with van der Waals surface area (Å²) in [6, 6.07) is 10.9. The number of hydrogen-bond acceptors (Lipinski definition) is 3. The molecule has 0 bridgehead atoms. The number of sulfonamides is 1. The van der Waals surface area contributed by atoms with Crippen LogP contribution in [0, 0.1) is 20.8 Å². The molecule has 0 spiro atoms. The van der Waals surface area contributed by atoms with Crippen LogP contribution in [-0.2, 0) is 21.2 Å². The molecule has 0 unspecified atom stereocenters. The van der Waals surface area contributed by atoms with Gasteiger partial charge in [-0.2, -0.15) is 0 Å². The Bertz CT molecular complexity index is 886. The van der Waals surface area contributed by atoms with Crippen LogP contribution in [0.3, 0.4) is 0 Å². The summed E-state index contributed by atoms with van der Waals surface area (Å²) in [7, 11) is -0.584. The Kier molecular flexibility index (Phi) is 5.65. The fraction of sp³-hybridized carbons (Fsp3) is 0.316. The number of aryl methyl sites for hydroxylation is 2. The third-order valence-corrected chi connectivity index (χ3v) is 5.97. The zero-order valence-corrected chi connectivity index (χ0v) is 16.1. The molecule has 0 radical (unpaired) electrons. The first-order chi connectivity index (χ1) is 11.6. The SMILES string of the molecule is Cc1ccc(CC(=O)Nc2cc(S(=O)(=O)N(C)C)cc(C)c2C)cc1. The molecular formula is C19H24N2O3S. The third-order valence-electron chi connectivity index (χ3n) is 4.18. The molecule has 0 aromatic heterocycles. The second kappa shape index (κ2) is 7.37. The van der Waals surface area contributed by atoms with Gasteiger partial charge in [-0.15, -0.1) is 0 Å². The maximum atomic E-state index is 12.4. The van der Waals surface area contributed by atoms with E-state index in [1.54, 1.807) is 6.07 Å². The summed E-state index contributed by atoms with van der Waals surface area (Å²) in [4.78, 5) is 12.5. The van der Waals surface area contributed by atoms with Gasteiger partial charge >= 0.3 is 0 Å². The van der Waals surface area contributed by atoms with Gasteiger partial charge in [0, 0.05) is 19.8 Å². The Morgan fingerprint density at radius 1 is 1.04 bits per heavy atom. The molecule has 1 amide bonds. The second-order valence-electron chi connectivity index (χ2n) is 6.41. The lowest BCUT2D eigenvalue weighted by Crippen LogP contribution is -2.23. The van der Waals surface area contributed by atoms with Crippen molar-refractivity contribution in [3.8, 4) is 0 Å². The number of carbonyl (C=O) groups is 1. The zero-order valence-electron chi connectivity index (χ0n) is 15.3. The average Bonchev–Trinajstić information content (AvgIpc) is 2.53. The van der Waals surface area contributed by atoms with Gasteiger partial charge in [-0.05, 0) is 49.6 Å². The van der Waals surface area contributed by atoms with E-state index in [9.17, 15) is 13.2 Å².